The monoisotopic (exact) mass is 373 g/mol. The summed E-state index contributed by atoms with van der Waals surface area (Å²) in [5.74, 6) is 0.0101. The van der Waals surface area contributed by atoms with Crippen LogP contribution in [0.2, 0.25) is 0 Å². The van der Waals surface area contributed by atoms with Crippen LogP contribution in [0.4, 0.5) is 11.4 Å². The number of benzene rings is 2. The maximum atomic E-state index is 12.3. The molecule has 2 aromatic rings. The van der Waals surface area contributed by atoms with Gasteiger partial charge in [0.25, 0.3) is 0 Å². The number of hydrogen-bond donors (Lipinski definition) is 1. The second-order valence-electron chi connectivity index (χ2n) is 5.55. The summed E-state index contributed by atoms with van der Waals surface area (Å²) in [6.45, 7) is -0.369. The molecule has 0 bridgehead atoms. The van der Waals surface area contributed by atoms with E-state index in [2.05, 4.69) is 5.32 Å². The number of ether oxygens (including phenoxy) is 1. The minimum Gasteiger partial charge on any atom is -0.497 e. The van der Waals surface area contributed by atoms with Crippen LogP contribution >= 0.6 is 0 Å². The van der Waals surface area contributed by atoms with Gasteiger partial charge in [-0.2, -0.15) is 5.26 Å². The molecule has 0 aromatic heterocycles. The number of hydrogen-bond acceptors (Lipinski definition) is 5. The molecule has 26 heavy (non-hydrogen) atoms. The SMILES string of the molecule is COc1cccc(N(CC(=O)Nc2ccc(CC#N)cc2)S(C)(=O)=O)c1. The molecule has 0 aliphatic heterocycles. The van der Waals surface area contributed by atoms with Crippen LogP contribution in [0.5, 0.6) is 5.75 Å². The van der Waals surface area contributed by atoms with E-state index in [9.17, 15) is 13.2 Å². The number of anilines is 2. The minimum absolute atomic E-state index is 0.284. The topological polar surface area (TPSA) is 99.5 Å². The predicted molar refractivity (Wildman–Crippen MR) is 99.6 cm³/mol. The molecule has 0 aliphatic rings. The predicted octanol–water partition coefficient (Wildman–Crippen LogP) is 2.17. The molecule has 7 nitrogen and oxygen atoms in total. The summed E-state index contributed by atoms with van der Waals surface area (Å²) in [4.78, 5) is 12.3. The number of rotatable bonds is 7. The fourth-order valence-corrected chi connectivity index (χ4v) is 3.14. The van der Waals surface area contributed by atoms with Gasteiger partial charge in [0.05, 0.1) is 31.5 Å². The van der Waals surface area contributed by atoms with Gasteiger partial charge in [-0.3, -0.25) is 9.10 Å². The Morgan fingerprint density at radius 2 is 1.92 bits per heavy atom. The van der Waals surface area contributed by atoms with E-state index in [1.165, 1.54) is 7.11 Å². The lowest BCUT2D eigenvalue weighted by atomic mass is 10.1. The number of carbonyl (C=O) groups is 1. The third-order valence-corrected chi connectivity index (χ3v) is 4.69. The number of nitriles is 1. The highest BCUT2D eigenvalue weighted by atomic mass is 32.2. The van der Waals surface area contributed by atoms with Crippen molar-refractivity contribution in [2.45, 2.75) is 6.42 Å². The molecule has 0 heterocycles. The van der Waals surface area contributed by atoms with E-state index < -0.39 is 15.9 Å². The minimum atomic E-state index is -3.66. The van der Waals surface area contributed by atoms with Crippen LogP contribution in [0.25, 0.3) is 0 Å². The number of sulfonamides is 1. The molecule has 0 saturated heterocycles. The van der Waals surface area contributed by atoms with Crippen LogP contribution in [0.15, 0.2) is 48.5 Å². The zero-order valence-electron chi connectivity index (χ0n) is 14.5. The lowest BCUT2D eigenvalue weighted by Gasteiger charge is -2.22. The molecule has 2 rings (SSSR count). The van der Waals surface area contributed by atoms with Crippen LogP contribution in [-0.4, -0.2) is 34.2 Å². The van der Waals surface area contributed by atoms with Gasteiger partial charge in [0.2, 0.25) is 15.9 Å². The Balaban J connectivity index is 2.15. The van der Waals surface area contributed by atoms with E-state index >= 15 is 0 Å². The van der Waals surface area contributed by atoms with Crippen LogP contribution < -0.4 is 14.4 Å². The summed E-state index contributed by atoms with van der Waals surface area (Å²) in [5, 5.41) is 11.3. The highest BCUT2D eigenvalue weighted by Gasteiger charge is 2.21. The Labute approximate surface area is 152 Å². The molecule has 0 saturated carbocycles. The lowest BCUT2D eigenvalue weighted by molar-refractivity contribution is -0.114. The van der Waals surface area contributed by atoms with Crippen LogP contribution in [0.3, 0.4) is 0 Å². The molecular weight excluding hydrogens is 354 g/mol. The van der Waals surface area contributed by atoms with E-state index in [0.717, 1.165) is 16.1 Å². The second-order valence-corrected chi connectivity index (χ2v) is 7.46. The Bertz CT molecular complexity index is 918. The van der Waals surface area contributed by atoms with Crippen molar-refractivity contribution in [3.05, 3.63) is 54.1 Å². The van der Waals surface area contributed by atoms with E-state index in [-0.39, 0.29) is 13.0 Å². The van der Waals surface area contributed by atoms with Crippen molar-refractivity contribution in [1.82, 2.24) is 0 Å². The molecule has 0 fully saturated rings. The Hall–Kier alpha value is -3.05. The number of nitrogens with zero attached hydrogens (tertiary/aromatic N) is 2. The van der Waals surface area contributed by atoms with Crippen LogP contribution in [0.1, 0.15) is 5.56 Å². The van der Waals surface area contributed by atoms with Crippen molar-refractivity contribution in [3.63, 3.8) is 0 Å². The third kappa shape index (κ3) is 5.22. The molecule has 0 radical (unpaired) electrons. The summed E-state index contributed by atoms with van der Waals surface area (Å²) in [5.41, 5.74) is 1.70. The molecule has 0 aliphatic carbocycles. The second kappa shape index (κ2) is 8.36. The van der Waals surface area contributed by atoms with Gasteiger partial charge in [0.15, 0.2) is 0 Å². The molecule has 1 amide bonds. The number of carbonyl (C=O) groups excluding carboxylic acids is 1. The van der Waals surface area contributed by atoms with Gasteiger partial charge in [-0.05, 0) is 29.8 Å². The van der Waals surface area contributed by atoms with Gasteiger partial charge in [0.1, 0.15) is 12.3 Å². The first-order valence-electron chi connectivity index (χ1n) is 7.71. The van der Waals surface area contributed by atoms with Crippen molar-refractivity contribution in [3.8, 4) is 11.8 Å². The summed E-state index contributed by atoms with van der Waals surface area (Å²) in [6, 6.07) is 15.3. The Morgan fingerprint density at radius 3 is 2.50 bits per heavy atom. The molecule has 1 N–H and O–H groups in total. The highest BCUT2D eigenvalue weighted by molar-refractivity contribution is 7.92. The standard InChI is InChI=1S/C18H19N3O4S/c1-25-17-5-3-4-16(12-17)21(26(2,23)24)13-18(22)20-15-8-6-14(7-9-15)10-11-19/h3-9,12H,10,13H2,1-2H3,(H,20,22). The molecule has 0 spiro atoms. The Morgan fingerprint density at radius 1 is 1.23 bits per heavy atom. The zero-order chi connectivity index (χ0) is 19.2. The molecule has 136 valence electrons. The first-order chi connectivity index (χ1) is 12.3. The maximum Gasteiger partial charge on any atom is 0.245 e. The maximum absolute atomic E-state index is 12.3. The molecule has 2 aromatic carbocycles. The lowest BCUT2D eigenvalue weighted by Crippen LogP contribution is -2.37. The van der Waals surface area contributed by atoms with Crippen molar-refractivity contribution in [2.24, 2.45) is 0 Å². The highest BCUT2D eigenvalue weighted by Crippen LogP contribution is 2.23. The largest absolute Gasteiger partial charge is 0.497 e. The fraction of sp³-hybridized carbons (Fsp3) is 0.222. The average molecular weight is 373 g/mol. The smallest absolute Gasteiger partial charge is 0.245 e. The summed E-state index contributed by atoms with van der Waals surface area (Å²) in [6.07, 6.45) is 1.32. The Kier molecular flexibility index (Phi) is 6.20. The first-order valence-corrected chi connectivity index (χ1v) is 9.56. The molecule has 8 heteroatoms. The first kappa shape index (κ1) is 19.3. The van der Waals surface area contributed by atoms with Crippen LogP contribution in [-0.2, 0) is 21.2 Å². The van der Waals surface area contributed by atoms with Crippen molar-refractivity contribution in [1.29, 1.82) is 5.26 Å². The van der Waals surface area contributed by atoms with Crippen LogP contribution in [0, 0.1) is 11.3 Å². The van der Waals surface area contributed by atoms with E-state index in [1.807, 2.05) is 6.07 Å². The quantitative estimate of drug-likeness (QED) is 0.802. The van der Waals surface area contributed by atoms with Crippen molar-refractivity contribution >= 4 is 27.3 Å². The van der Waals surface area contributed by atoms with Gasteiger partial charge in [-0.1, -0.05) is 18.2 Å². The number of methoxy groups -OCH3 is 1. The molecule has 0 atom stereocenters. The number of amides is 1. The summed E-state index contributed by atoms with van der Waals surface area (Å²) >= 11 is 0. The van der Waals surface area contributed by atoms with Crippen molar-refractivity contribution < 1.29 is 17.9 Å². The molecule has 0 unspecified atom stereocenters. The van der Waals surface area contributed by atoms with Gasteiger partial charge < -0.3 is 10.1 Å². The normalized spacial score (nSPS) is 10.7. The van der Waals surface area contributed by atoms with Crippen molar-refractivity contribution in [2.75, 3.05) is 29.5 Å². The number of nitrogens with one attached hydrogen (secondary N) is 1. The zero-order valence-corrected chi connectivity index (χ0v) is 15.3. The fourth-order valence-electron chi connectivity index (χ4n) is 2.29. The van der Waals surface area contributed by atoms with E-state index in [0.29, 0.717) is 17.1 Å². The summed E-state index contributed by atoms with van der Waals surface area (Å²) in [7, 11) is -2.18. The third-order valence-electron chi connectivity index (χ3n) is 3.55. The van der Waals surface area contributed by atoms with Gasteiger partial charge in [-0.25, -0.2) is 8.42 Å². The van der Waals surface area contributed by atoms with Gasteiger partial charge in [0, 0.05) is 11.8 Å². The van der Waals surface area contributed by atoms with E-state index in [4.69, 9.17) is 10.00 Å². The summed E-state index contributed by atoms with van der Waals surface area (Å²) < 4.78 is 30.3. The van der Waals surface area contributed by atoms with E-state index in [1.54, 1.807) is 48.5 Å². The van der Waals surface area contributed by atoms with Gasteiger partial charge >= 0.3 is 0 Å². The average Bonchev–Trinajstić information content (AvgIpc) is 2.60. The molecular formula is C18H19N3O4S. The van der Waals surface area contributed by atoms with Gasteiger partial charge in [-0.15, -0.1) is 0 Å².